The van der Waals surface area contributed by atoms with Gasteiger partial charge in [-0.25, -0.2) is 0 Å². The fourth-order valence-electron chi connectivity index (χ4n) is 3.14. The highest BCUT2D eigenvalue weighted by molar-refractivity contribution is 6.30. The summed E-state index contributed by atoms with van der Waals surface area (Å²) < 4.78 is 5.34. The molecule has 1 fully saturated rings. The number of amides is 1. The molecule has 1 saturated heterocycles. The van der Waals surface area contributed by atoms with E-state index in [1.165, 1.54) is 12.8 Å². The van der Waals surface area contributed by atoms with Crippen LogP contribution in [-0.2, 0) is 0 Å². The molecular formula is C18H22ClN3O2. The van der Waals surface area contributed by atoms with E-state index in [1.807, 2.05) is 18.2 Å². The van der Waals surface area contributed by atoms with Crippen molar-refractivity contribution in [1.29, 1.82) is 0 Å². The molecule has 0 aliphatic carbocycles. The molecule has 2 heterocycles. The smallest absolute Gasteiger partial charge is 0.267 e. The third-order valence-electron chi connectivity index (χ3n) is 4.41. The van der Waals surface area contributed by atoms with E-state index in [-0.39, 0.29) is 11.9 Å². The summed E-state index contributed by atoms with van der Waals surface area (Å²) in [5.41, 5.74) is 1.63. The average molecular weight is 348 g/mol. The second-order valence-corrected chi connectivity index (χ2v) is 6.41. The van der Waals surface area contributed by atoms with Crippen LogP contribution >= 0.6 is 11.6 Å². The molecule has 0 saturated carbocycles. The summed E-state index contributed by atoms with van der Waals surface area (Å²) in [5, 5.41) is 3.55. The number of rotatable bonds is 6. The van der Waals surface area contributed by atoms with Crippen LogP contribution in [-0.4, -0.2) is 42.5 Å². The number of aromatic amines is 1. The maximum atomic E-state index is 12.3. The normalized spacial score (nSPS) is 16.1. The molecule has 5 nitrogen and oxygen atoms in total. The van der Waals surface area contributed by atoms with Crippen molar-refractivity contribution in [3.8, 4) is 5.75 Å². The number of hydrogen-bond acceptors (Lipinski definition) is 3. The number of H-pyrrole nitrogens is 1. The van der Waals surface area contributed by atoms with Gasteiger partial charge in [-0.15, -0.1) is 0 Å². The van der Waals surface area contributed by atoms with Gasteiger partial charge in [0, 0.05) is 12.7 Å². The van der Waals surface area contributed by atoms with E-state index >= 15 is 0 Å². The molecule has 2 aromatic rings. The van der Waals surface area contributed by atoms with Crippen LogP contribution in [0.25, 0.3) is 0 Å². The molecule has 1 aromatic heterocycles. The molecule has 1 aliphatic heterocycles. The Morgan fingerprint density at radius 2 is 2.17 bits per heavy atom. The molecule has 128 valence electrons. The van der Waals surface area contributed by atoms with E-state index in [4.69, 9.17) is 16.3 Å². The quantitative estimate of drug-likeness (QED) is 0.843. The minimum atomic E-state index is -0.144. The Hall–Kier alpha value is -1.98. The zero-order valence-electron chi connectivity index (χ0n) is 13.7. The zero-order chi connectivity index (χ0) is 16.9. The predicted molar refractivity (Wildman–Crippen MR) is 94.7 cm³/mol. The third-order valence-corrected chi connectivity index (χ3v) is 4.63. The number of aromatic nitrogens is 1. The SMILES string of the molecule is COc1cccc(C(CNC(=O)c2cc(Cl)c[nH]2)N2CCCC2)c1. The Morgan fingerprint density at radius 3 is 2.83 bits per heavy atom. The van der Waals surface area contributed by atoms with Crippen LogP contribution in [0, 0.1) is 0 Å². The van der Waals surface area contributed by atoms with Crippen molar-refractivity contribution in [2.45, 2.75) is 18.9 Å². The lowest BCUT2D eigenvalue weighted by Gasteiger charge is -2.28. The third kappa shape index (κ3) is 3.91. The van der Waals surface area contributed by atoms with E-state index < -0.39 is 0 Å². The van der Waals surface area contributed by atoms with E-state index in [2.05, 4.69) is 21.3 Å². The molecule has 0 spiro atoms. The van der Waals surface area contributed by atoms with Gasteiger partial charge in [-0.3, -0.25) is 9.69 Å². The minimum Gasteiger partial charge on any atom is -0.497 e. The van der Waals surface area contributed by atoms with E-state index in [0.717, 1.165) is 24.4 Å². The number of carbonyl (C=O) groups is 1. The summed E-state index contributed by atoms with van der Waals surface area (Å²) in [6, 6.07) is 9.82. The van der Waals surface area contributed by atoms with Gasteiger partial charge in [0.15, 0.2) is 0 Å². The van der Waals surface area contributed by atoms with Crippen LogP contribution in [0.5, 0.6) is 5.75 Å². The molecule has 1 aliphatic rings. The van der Waals surface area contributed by atoms with Crippen LogP contribution in [0.2, 0.25) is 5.02 Å². The minimum absolute atomic E-state index is 0.136. The number of carbonyl (C=O) groups excluding carboxylic acids is 1. The second-order valence-electron chi connectivity index (χ2n) is 5.98. The lowest BCUT2D eigenvalue weighted by Crippen LogP contribution is -2.36. The van der Waals surface area contributed by atoms with Gasteiger partial charge in [0.25, 0.3) is 5.91 Å². The average Bonchev–Trinajstić information content (AvgIpc) is 3.27. The van der Waals surface area contributed by atoms with E-state index in [9.17, 15) is 4.79 Å². The molecule has 0 bridgehead atoms. The van der Waals surface area contributed by atoms with Gasteiger partial charge in [0.1, 0.15) is 11.4 Å². The second kappa shape index (κ2) is 7.73. The molecule has 6 heteroatoms. The first-order valence-electron chi connectivity index (χ1n) is 8.17. The molecule has 1 unspecified atom stereocenters. The summed E-state index contributed by atoms with van der Waals surface area (Å²) >= 11 is 5.87. The molecule has 1 aromatic carbocycles. The first-order valence-corrected chi connectivity index (χ1v) is 8.55. The molecule has 1 amide bonds. The van der Waals surface area contributed by atoms with Gasteiger partial charge < -0.3 is 15.0 Å². The molecular weight excluding hydrogens is 326 g/mol. The fourth-order valence-corrected chi connectivity index (χ4v) is 3.31. The summed E-state index contributed by atoms with van der Waals surface area (Å²) in [4.78, 5) is 17.6. The largest absolute Gasteiger partial charge is 0.497 e. The van der Waals surface area contributed by atoms with Crippen molar-refractivity contribution in [1.82, 2.24) is 15.2 Å². The maximum Gasteiger partial charge on any atom is 0.267 e. The van der Waals surface area contributed by atoms with Gasteiger partial charge in [-0.1, -0.05) is 23.7 Å². The summed E-state index contributed by atoms with van der Waals surface area (Å²) in [6.45, 7) is 2.64. The summed E-state index contributed by atoms with van der Waals surface area (Å²) in [5.74, 6) is 0.688. The van der Waals surface area contributed by atoms with Crippen LogP contribution in [0.15, 0.2) is 36.5 Å². The molecule has 2 N–H and O–H groups in total. The lowest BCUT2D eigenvalue weighted by molar-refractivity contribution is 0.0933. The zero-order valence-corrected chi connectivity index (χ0v) is 14.5. The van der Waals surface area contributed by atoms with Crippen LogP contribution in [0.3, 0.4) is 0 Å². The Bertz CT molecular complexity index is 695. The summed E-state index contributed by atoms with van der Waals surface area (Å²) in [7, 11) is 1.67. The van der Waals surface area contributed by atoms with Gasteiger partial charge in [-0.05, 0) is 49.7 Å². The van der Waals surface area contributed by atoms with Crippen LogP contribution < -0.4 is 10.1 Å². The summed E-state index contributed by atoms with van der Waals surface area (Å²) in [6.07, 6.45) is 4.00. The van der Waals surface area contributed by atoms with Gasteiger partial charge in [-0.2, -0.15) is 0 Å². The lowest BCUT2D eigenvalue weighted by atomic mass is 10.0. The number of nitrogens with one attached hydrogen (secondary N) is 2. The fraction of sp³-hybridized carbons (Fsp3) is 0.389. The Kier molecular flexibility index (Phi) is 5.43. The monoisotopic (exact) mass is 347 g/mol. The van der Waals surface area contributed by atoms with Crippen molar-refractivity contribution < 1.29 is 9.53 Å². The first kappa shape index (κ1) is 16.9. The van der Waals surface area contributed by atoms with Gasteiger partial charge in [0.05, 0.1) is 18.2 Å². The molecule has 1 atom stereocenters. The van der Waals surface area contributed by atoms with Crippen molar-refractivity contribution in [3.63, 3.8) is 0 Å². The van der Waals surface area contributed by atoms with Crippen molar-refractivity contribution in [3.05, 3.63) is 52.8 Å². The Morgan fingerprint density at radius 1 is 1.38 bits per heavy atom. The van der Waals surface area contributed by atoms with Crippen LogP contribution in [0.1, 0.15) is 34.9 Å². The highest BCUT2D eigenvalue weighted by Gasteiger charge is 2.24. The number of halogens is 1. The van der Waals surface area contributed by atoms with Gasteiger partial charge in [0.2, 0.25) is 0 Å². The van der Waals surface area contributed by atoms with Crippen molar-refractivity contribution >= 4 is 17.5 Å². The molecule has 3 rings (SSSR count). The molecule has 24 heavy (non-hydrogen) atoms. The first-order chi connectivity index (χ1) is 11.7. The number of nitrogens with zero attached hydrogens (tertiary/aromatic N) is 1. The number of ether oxygens (including phenoxy) is 1. The number of likely N-dealkylation sites (tertiary alicyclic amines) is 1. The highest BCUT2D eigenvalue weighted by Crippen LogP contribution is 2.27. The highest BCUT2D eigenvalue weighted by atomic mass is 35.5. The van der Waals surface area contributed by atoms with Crippen molar-refractivity contribution in [2.75, 3.05) is 26.7 Å². The van der Waals surface area contributed by atoms with Crippen molar-refractivity contribution in [2.24, 2.45) is 0 Å². The van der Waals surface area contributed by atoms with E-state index in [0.29, 0.717) is 17.3 Å². The van der Waals surface area contributed by atoms with Crippen LogP contribution in [0.4, 0.5) is 0 Å². The topological polar surface area (TPSA) is 57.4 Å². The Labute approximate surface area is 146 Å². The maximum absolute atomic E-state index is 12.3. The standard InChI is InChI=1S/C18H22ClN3O2/c1-24-15-6-4-5-13(9-15)17(22-7-2-3-8-22)12-21-18(23)16-10-14(19)11-20-16/h4-6,9-11,17,20H,2-3,7-8,12H2,1H3,(H,21,23). The number of methoxy groups -OCH3 is 1. The van der Waals surface area contributed by atoms with E-state index in [1.54, 1.807) is 19.4 Å². The number of benzene rings is 1. The Balaban J connectivity index is 1.73. The predicted octanol–water partition coefficient (Wildman–Crippen LogP) is 3.24. The van der Waals surface area contributed by atoms with Gasteiger partial charge >= 0.3 is 0 Å². The number of hydrogen-bond donors (Lipinski definition) is 2. The molecule has 0 radical (unpaired) electrons.